The van der Waals surface area contributed by atoms with Gasteiger partial charge < -0.3 is 5.11 Å². The summed E-state index contributed by atoms with van der Waals surface area (Å²) in [5.41, 5.74) is 2.18. The van der Waals surface area contributed by atoms with Crippen LogP contribution < -0.4 is 0 Å². The quantitative estimate of drug-likeness (QED) is 0.610. The van der Waals surface area contributed by atoms with Crippen LogP contribution in [-0.2, 0) is 4.79 Å². The first-order chi connectivity index (χ1) is 11.8. The van der Waals surface area contributed by atoms with Gasteiger partial charge in [0.2, 0.25) is 0 Å². The van der Waals surface area contributed by atoms with E-state index >= 15 is 0 Å². The van der Waals surface area contributed by atoms with Gasteiger partial charge >= 0.3 is 5.97 Å². The number of carbonyl (C=O) groups is 1. The Bertz CT molecular complexity index is 850. The summed E-state index contributed by atoms with van der Waals surface area (Å²) in [6.07, 6.45) is 9.78. The van der Waals surface area contributed by atoms with Gasteiger partial charge in [-0.15, -0.1) is 11.8 Å². The average molecular weight is 374 g/mol. The van der Waals surface area contributed by atoms with Crippen molar-refractivity contribution in [1.29, 1.82) is 5.26 Å². The zero-order valence-electron chi connectivity index (χ0n) is 13.7. The summed E-state index contributed by atoms with van der Waals surface area (Å²) in [6.45, 7) is 6.91. The number of pyridine rings is 1. The van der Waals surface area contributed by atoms with Gasteiger partial charge in [-0.05, 0) is 38.1 Å². The van der Waals surface area contributed by atoms with E-state index in [1.54, 1.807) is 56.6 Å². The minimum Gasteiger partial charge on any atom is -0.480 e. The van der Waals surface area contributed by atoms with Crippen molar-refractivity contribution < 1.29 is 9.90 Å². The normalized spacial score (nSPS) is 16.1. The van der Waals surface area contributed by atoms with Crippen molar-refractivity contribution in [3.05, 3.63) is 66.2 Å². The number of nitriles is 1. The zero-order chi connectivity index (χ0) is 18.6. The third kappa shape index (κ3) is 3.95. The van der Waals surface area contributed by atoms with Gasteiger partial charge in [0.15, 0.2) is 0 Å². The summed E-state index contributed by atoms with van der Waals surface area (Å²) < 4.78 is 0.338. The van der Waals surface area contributed by atoms with Crippen molar-refractivity contribution in [3.8, 4) is 6.07 Å². The number of aromatic nitrogens is 1. The van der Waals surface area contributed by atoms with E-state index < -0.39 is 10.7 Å². The van der Waals surface area contributed by atoms with Crippen molar-refractivity contribution in [2.24, 2.45) is 0 Å². The monoisotopic (exact) mass is 373 g/mol. The number of rotatable bonds is 5. The molecule has 1 N–H and O–H groups in total. The molecule has 1 aromatic rings. The minimum absolute atomic E-state index is 0.405. The third-order valence-corrected chi connectivity index (χ3v) is 5.07. The third-order valence-electron chi connectivity index (χ3n) is 3.44. The number of allylic oxidation sites excluding steroid dienone is 5. The fourth-order valence-corrected chi connectivity index (χ4v) is 3.42. The first-order valence-corrected chi connectivity index (χ1v) is 8.45. The molecule has 0 radical (unpaired) electrons. The molecule has 5 nitrogen and oxygen atoms in total. The second-order valence-electron chi connectivity index (χ2n) is 5.60. The van der Waals surface area contributed by atoms with Crippen molar-refractivity contribution in [3.63, 3.8) is 0 Å². The molecule has 0 fully saturated rings. The average Bonchev–Trinajstić information content (AvgIpc) is 2.57. The first kappa shape index (κ1) is 18.8. The van der Waals surface area contributed by atoms with Gasteiger partial charge in [-0.1, -0.05) is 12.7 Å². The van der Waals surface area contributed by atoms with E-state index in [4.69, 9.17) is 11.8 Å². The number of nitrogens with zero attached hydrogens (tertiary/aromatic N) is 3. The van der Waals surface area contributed by atoms with Crippen LogP contribution in [-0.4, -0.2) is 25.2 Å². The zero-order valence-corrected chi connectivity index (χ0v) is 15.3. The lowest BCUT2D eigenvalue weighted by molar-refractivity contribution is -0.138. The number of thioether (sulfide) groups is 1. The van der Waals surface area contributed by atoms with Gasteiger partial charge in [0.1, 0.15) is 10.8 Å². The van der Waals surface area contributed by atoms with Gasteiger partial charge in [0.05, 0.1) is 17.0 Å². The predicted octanol–water partition coefficient (Wildman–Crippen LogP) is 4.37. The predicted molar refractivity (Wildman–Crippen MR) is 99.5 cm³/mol. The number of aliphatic carboxylic acids is 1. The molecule has 1 aliphatic rings. The molecule has 7 heteroatoms. The van der Waals surface area contributed by atoms with Gasteiger partial charge in [0.25, 0.3) is 0 Å². The Morgan fingerprint density at radius 1 is 1.52 bits per heavy atom. The standard InChI is InChI=1S/C18H16ClN3O2S/c1-4-5-14-12(10-20)6-7-15(22(14)19)13-11-21-9-8-16(13)25-18(2,3)17(23)24/h4-9,11H,1H2,2-3H3,(H,23,24)/b14-5-. The Balaban J connectivity index is 2.53. The molecule has 0 saturated heterocycles. The number of carboxylic acids is 1. The SMILES string of the molecule is C=C/C=C1/C(C#N)=CC=C(c2cnccc2SC(C)(C)C(=O)O)N1Cl. The number of carboxylic acid groups (broad SMARTS) is 1. The van der Waals surface area contributed by atoms with E-state index in [2.05, 4.69) is 17.6 Å². The van der Waals surface area contributed by atoms with E-state index in [-0.39, 0.29) is 0 Å². The summed E-state index contributed by atoms with van der Waals surface area (Å²) in [7, 11) is 0. The highest BCUT2D eigenvalue weighted by molar-refractivity contribution is 8.01. The highest BCUT2D eigenvalue weighted by Gasteiger charge is 2.31. The molecule has 0 unspecified atom stereocenters. The Hall–Kier alpha value is -2.49. The van der Waals surface area contributed by atoms with E-state index in [1.165, 1.54) is 16.2 Å². The summed E-state index contributed by atoms with van der Waals surface area (Å²) in [4.78, 5) is 16.3. The Morgan fingerprint density at radius 3 is 2.84 bits per heavy atom. The molecule has 0 bridgehead atoms. The number of hydrogen-bond donors (Lipinski definition) is 1. The second kappa shape index (κ2) is 7.60. The van der Waals surface area contributed by atoms with Crippen LogP contribution in [0.15, 0.2) is 65.5 Å². The highest BCUT2D eigenvalue weighted by atomic mass is 35.5. The maximum atomic E-state index is 11.4. The molecule has 2 heterocycles. The van der Waals surface area contributed by atoms with Crippen LogP contribution in [0.3, 0.4) is 0 Å². The second-order valence-corrected chi connectivity index (χ2v) is 7.60. The highest BCUT2D eigenvalue weighted by Crippen LogP contribution is 2.40. The Morgan fingerprint density at radius 2 is 2.24 bits per heavy atom. The summed E-state index contributed by atoms with van der Waals surface area (Å²) >= 11 is 7.65. The Kier molecular flexibility index (Phi) is 5.73. The molecule has 25 heavy (non-hydrogen) atoms. The molecule has 1 aromatic heterocycles. The first-order valence-electron chi connectivity index (χ1n) is 7.29. The van der Waals surface area contributed by atoms with Crippen molar-refractivity contribution in [2.75, 3.05) is 0 Å². The molecule has 0 aliphatic carbocycles. The molecular formula is C18H16ClN3O2S. The van der Waals surface area contributed by atoms with E-state index in [1.807, 2.05) is 0 Å². The lowest BCUT2D eigenvalue weighted by Crippen LogP contribution is -2.27. The van der Waals surface area contributed by atoms with Gasteiger partial charge in [-0.2, -0.15) is 5.26 Å². The molecule has 128 valence electrons. The molecule has 0 aromatic carbocycles. The van der Waals surface area contributed by atoms with Crippen LogP contribution in [0.1, 0.15) is 19.4 Å². The lowest BCUT2D eigenvalue weighted by atomic mass is 10.1. The summed E-state index contributed by atoms with van der Waals surface area (Å²) in [6, 6.07) is 3.83. The van der Waals surface area contributed by atoms with E-state index in [0.29, 0.717) is 22.5 Å². The molecule has 0 amide bonds. The smallest absolute Gasteiger partial charge is 0.319 e. The van der Waals surface area contributed by atoms with Crippen LogP contribution >= 0.6 is 23.5 Å². The summed E-state index contributed by atoms with van der Waals surface area (Å²) in [5.74, 6) is -0.917. The van der Waals surface area contributed by atoms with Crippen LogP contribution in [0.25, 0.3) is 5.70 Å². The van der Waals surface area contributed by atoms with E-state index in [9.17, 15) is 15.2 Å². The van der Waals surface area contributed by atoms with Crippen LogP contribution in [0.4, 0.5) is 0 Å². The fraction of sp³-hybridized carbons (Fsp3) is 0.167. The van der Waals surface area contributed by atoms with Crippen LogP contribution in [0.2, 0.25) is 0 Å². The maximum absolute atomic E-state index is 11.4. The number of halogens is 1. The molecule has 0 saturated carbocycles. The van der Waals surface area contributed by atoms with Crippen LogP contribution in [0, 0.1) is 11.3 Å². The van der Waals surface area contributed by atoms with Crippen molar-refractivity contribution in [1.82, 2.24) is 9.40 Å². The molecule has 0 atom stereocenters. The topological polar surface area (TPSA) is 77.2 Å². The van der Waals surface area contributed by atoms with Gasteiger partial charge in [-0.3, -0.25) is 14.2 Å². The lowest BCUT2D eigenvalue weighted by Gasteiger charge is -2.27. The van der Waals surface area contributed by atoms with Gasteiger partial charge in [-0.25, -0.2) is 0 Å². The van der Waals surface area contributed by atoms with Crippen LogP contribution in [0.5, 0.6) is 0 Å². The Labute approximate surface area is 155 Å². The minimum atomic E-state index is -1.02. The molecular weight excluding hydrogens is 358 g/mol. The summed E-state index contributed by atoms with van der Waals surface area (Å²) in [5, 5.41) is 18.6. The van der Waals surface area contributed by atoms with Crippen molar-refractivity contribution >= 4 is 35.2 Å². The van der Waals surface area contributed by atoms with Gasteiger partial charge in [0, 0.05) is 34.6 Å². The van der Waals surface area contributed by atoms with Crippen molar-refractivity contribution in [2.45, 2.75) is 23.5 Å². The van der Waals surface area contributed by atoms with E-state index in [0.717, 1.165) is 4.90 Å². The largest absolute Gasteiger partial charge is 0.480 e. The number of hydrogen-bond acceptors (Lipinski definition) is 5. The molecule has 2 rings (SSSR count). The molecule has 1 aliphatic heterocycles. The molecule has 0 spiro atoms. The maximum Gasteiger partial charge on any atom is 0.319 e. The fourth-order valence-electron chi connectivity index (χ4n) is 2.09.